The van der Waals surface area contributed by atoms with Crippen LogP contribution in [0.5, 0.6) is 0 Å². The predicted octanol–water partition coefficient (Wildman–Crippen LogP) is 2.17. The molecule has 7 nitrogen and oxygen atoms in total. The number of piperidine rings is 1. The summed E-state index contributed by atoms with van der Waals surface area (Å²) in [4.78, 5) is 9.86. The van der Waals surface area contributed by atoms with Crippen LogP contribution in [-0.2, 0) is 10.0 Å². The maximum absolute atomic E-state index is 12.5. The molecule has 1 heterocycles. The van der Waals surface area contributed by atoms with Crippen LogP contribution in [0.25, 0.3) is 0 Å². The highest BCUT2D eigenvalue weighted by Crippen LogP contribution is 2.30. The Labute approximate surface area is 126 Å². The standard InChI is InChI=1S/C12H12ClN3O4S/c13-11-7-10(16(17)18)1-2-12(11)21(19,20)15-5-3-9(8-14)4-6-15/h1-2,7,9H,3-6H2. The number of non-ortho nitro benzene ring substituents is 1. The van der Waals surface area contributed by atoms with Crippen molar-refractivity contribution < 1.29 is 13.3 Å². The fourth-order valence-corrected chi connectivity index (χ4v) is 4.16. The number of nitrogens with zero attached hydrogens (tertiary/aromatic N) is 3. The molecule has 0 saturated carbocycles. The summed E-state index contributed by atoms with van der Waals surface area (Å²) in [7, 11) is -3.80. The summed E-state index contributed by atoms with van der Waals surface area (Å²) in [5, 5.41) is 19.3. The van der Waals surface area contributed by atoms with E-state index in [1.54, 1.807) is 0 Å². The third kappa shape index (κ3) is 3.15. The van der Waals surface area contributed by atoms with Crippen molar-refractivity contribution in [1.29, 1.82) is 5.26 Å². The number of sulfonamides is 1. The Balaban J connectivity index is 2.29. The van der Waals surface area contributed by atoms with Gasteiger partial charge >= 0.3 is 0 Å². The fourth-order valence-electron chi connectivity index (χ4n) is 2.18. The van der Waals surface area contributed by atoms with E-state index in [4.69, 9.17) is 16.9 Å². The highest BCUT2D eigenvalue weighted by Gasteiger charge is 2.31. The molecule has 1 aromatic carbocycles. The van der Waals surface area contributed by atoms with Crippen molar-refractivity contribution in [2.24, 2.45) is 5.92 Å². The maximum atomic E-state index is 12.5. The van der Waals surface area contributed by atoms with Crippen LogP contribution in [0.15, 0.2) is 23.1 Å². The van der Waals surface area contributed by atoms with Crippen molar-refractivity contribution >= 4 is 27.3 Å². The predicted molar refractivity (Wildman–Crippen MR) is 75.2 cm³/mol. The number of rotatable bonds is 3. The lowest BCUT2D eigenvalue weighted by molar-refractivity contribution is -0.384. The molecular weight excluding hydrogens is 318 g/mol. The van der Waals surface area contributed by atoms with Crippen molar-refractivity contribution in [2.45, 2.75) is 17.7 Å². The van der Waals surface area contributed by atoms with Gasteiger partial charge in [0.2, 0.25) is 10.0 Å². The highest BCUT2D eigenvalue weighted by atomic mass is 35.5. The number of benzene rings is 1. The summed E-state index contributed by atoms with van der Waals surface area (Å²) < 4.78 is 26.2. The topological polar surface area (TPSA) is 104 Å². The molecule has 0 amide bonds. The Morgan fingerprint density at radius 2 is 2.00 bits per heavy atom. The molecule has 1 fully saturated rings. The van der Waals surface area contributed by atoms with Crippen LogP contribution in [0.4, 0.5) is 5.69 Å². The van der Waals surface area contributed by atoms with Crippen molar-refractivity contribution in [2.75, 3.05) is 13.1 Å². The van der Waals surface area contributed by atoms with Gasteiger partial charge in [-0.1, -0.05) is 11.6 Å². The minimum Gasteiger partial charge on any atom is -0.258 e. The quantitative estimate of drug-likeness (QED) is 0.624. The van der Waals surface area contributed by atoms with Crippen LogP contribution in [0, 0.1) is 27.4 Å². The van der Waals surface area contributed by atoms with Crippen LogP contribution < -0.4 is 0 Å². The van der Waals surface area contributed by atoms with Gasteiger partial charge < -0.3 is 0 Å². The Morgan fingerprint density at radius 3 is 2.48 bits per heavy atom. The van der Waals surface area contributed by atoms with Crippen LogP contribution in [0.2, 0.25) is 5.02 Å². The third-order valence-electron chi connectivity index (χ3n) is 3.38. The minimum absolute atomic E-state index is 0.135. The molecule has 1 aliphatic rings. The molecule has 0 bridgehead atoms. The normalized spacial score (nSPS) is 17.3. The van der Waals surface area contributed by atoms with Gasteiger partial charge in [-0.05, 0) is 18.9 Å². The molecule has 0 N–H and O–H groups in total. The van der Waals surface area contributed by atoms with Gasteiger partial charge in [0.05, 0.1) is 16.0 Å². The first-order valence-corrected chi connectivity index (χ1v) is 8.02. The monoisotopic (exact) mass is 329 g/mol. The van der Waals surface area contributed by atoms with Gasteiger partial charge in [-0.2, -0.15) is 9.57 Å². The average Bonchev–Trinajstić information content (AvgIpc) is 2.46. The molecule has 0 unspecified atom stereocenters. The zero-order valence-corrected chi connectivity index (χ0v) is 12.5. The van der Waals surface area contributed by atoms with Gasteiger partial charge in [-0.3, -0.25) is 10.1 Å². The highest BCUT2D eigenvalue weighted by molar-refractivity contribution is 7.89. The molecule has 1 aliphatic heterocycles. The number of nitriles is 1. The Bertz CT molecular complexity index is 706. The molecule has 9 heteroatoms. The molecule has 112 valence electrons. The SMILES string of the molecule is N#CC1CCN(S(=O)(=O)c2ccc([N+](=O)[O-])cc2Cl)CC1. The van der Waals surface area contributed by atoms with E-state index < -0.39 is 14.9 Å². The third-order valence-corrected chi connectivity index (χ3v) is 5.76. The van der Waals surface area contributed by atoms with Crippen LogP contribution in [0.3, 0.4) is 0 Å². The molecule has 21 heavy (non-hydrogen) atoms. The van der Waals surface area contributed by atoms with E-state index in [0.29, 0.717) is 12.8 Å². The summed E-state index contributed by atoms with van der Waals surface area (Å²) in [5.41, 5.74) is -0.262. The zero-order valence-electron chi connectivity index (χ0n) is 10.9. The van der Waals surface area contributed by atoms with Crippen LogP contribution in [-0.4, -0.2) is 30.7 Å². The number of halogens is 1. The lowest BCUT2D eigenvalue weighted by Gasteiger charge is -2.28. The van der Waals surface area contributed by atoms with E-state index in [1.807, 2.05) is 0 Å². The fraction of sp³-hybridized carbons (Fsp3) is 0.417. The van der Waals surface area contributed by atoms with Gasteiger partial charge in [0.1, 0.15) is 4.90 Å². The first-order chi connectivity index (χ1) is 9.86. The Morgan fingerprint density at radius 1 is 1.38 bits per heavy atom. The number of nitro benzene ring substituents is 1. The summed E-state index contributed by atoms with van der Waals surface area (Å²) in [6.45, 7) is 0.488. The molecule has 1 saturated heterocycles. The summed E-state index contributed by atoms with van der Waals surface area (Å²) in [6, 6.07) is 5.41. The second kappa shape index (κ2) is 5.97. The number of hydrogen-bond donors (Lipinski definition) is 0. The average molecular weight is 330 g/mol. The van der Waals surface area contributed by atoms with E-state index in [0.717, 1.165) is 18.2 Å². The lowest BCUT2D eigenvalue weighted by Crippen LogP contribution is -2.38. The van der Waals surface area contributed by atoms with E-state index in [-0.39, 0.29) is 34.6 Å². The van der Waals surface area contributed by atoms with E-state index in [9.17, 15) is 18.5 Å². The van der Waals surface area contributed by atoms with E-state index in [2.05, 4.69) is 6.07 Å². The van der Waals surface area contributed by atoms with Gasteiger partial charge in [0.15, 0.2) is 0 Å². The second-order valence-corrected chi connectivity index (χ2v) is 6.99. The minimum atomic E-state index is -3.80. The largest absolute Gasteiger partial charge is 0.271 e. The van der Waals surface area contributed by atoms with Gasteiger partial charge in [-0.25, -0.2) is 8.42 Å². The number of nitro groups is 1. The van der Waals surface area contributed by atoms with Crippen molar-refractivity contribution in [3.63, 3.8) is 0 Å². The Kier molecular flexibility index (Phi) is 4.46. The van der Waals surface area contributed by atoms with Crippen LogP contribution in [0.1, 0.15) is 12.8 Å². The smallest absolute Gasteiger partial charge is 0.258 e. The molecule has 1 aromatic rings. The maximum Gasteiger partial charge on any atom is 0.271 e. The van der Waals surface area contributed by atoms with Crippen molar-refractivity contribution in [1.82, 2.24) is 4.31 Å². The second-order valence-electron chi connectivity index (χ2n) is 4.68. The van der Waals surface area contributed by atoms with Crippen molar-refractivity contribution in [3.8, 4) is 6.07 Å². The van der Waals surface area contributed by atoms with Crippen molar-refractivity contribution in [3.05, 3.63) is 33.3 Å². The molecule has 0 spiro atoms. The van der Waals surface area contributed by atoms with Crippen LogP contribution >= 0.6 is 11.6 Å². The summed E-state index contributed by atoms with van der Waals surface area (Å²) >= 11 is 5.87. The van der Waals surface area contributed by atoms with E-state index in [1.165, 1.54) is 4.31 Å². The zero-order chi connectivity index (χ0) is 15.6. The molecule has 0 atom stereocenters. The molecule has 0 radical (unpaired) electrons. The summed E-state index contributed by atoms with van der Waals surface area (Å²) in [5.74, 6) is -0.135. The Hall–Kier alpha value is -1.69. The molecule has 2 rings (SSSR count). The number of hydrogen-bond acceptors (Lipinski definition) is 5. The lowest BCUT2D eigenvalue weighted by atomic mass is 10.0. The van der Waals surface area contributed by atoms with Gasteiger partial charge in [0.25, 0.3) is 5.69 Å². The van der Waals surface area contributed by atoms with Gasteiger partial charge in [-0.15, -0.1) is 0 Å². The first-order valence-electron chi connectivity index (χ1n) is 6.20. The first kappa shape index (κ1) is 15.7. The summed E-state index contributed by atoms with van der Waals surface area (Å²) in [6.07, 6.45) is 0.945. The van der Waals surface area contributed by atoms with Gasteiger partial charge in [0, 0.05) is 31.1 Å². The molecule has 0 aromatic heterocycles. The van der Waals surface area contributed by atoms with E-state index >= 15 is 0 Å². The molecule has 0 aliphatic carbocycles. The molecular formula is C12H12ClN3O4S.